The van der Waals surface area contributed by atoms with Crippen molar-refractivity contribution >= 4 is 13.7 Å². The van der Waals surface area contributed by atoms with Gasteiger partial charge in [0.2, 0.25) is 5.91 Å². The number of rotatable bonds is 37. The lowest BCUT2D eigenvalue weighted by molar-refractivity contribution is -0.123. The second-order valence-electron chi connectivity index (χ2n) is 14.0. The van der Waals surface area contributed by atoms with E-state index >= 15 is 0 Å². The van der Waals surface area contributed by atoms with Crippen LogP contribution in [0.15, 0.2) is 0 Å². The summed E-state index contributed by atoms with van der Waals surface area (Å²) in [5.41, 5.74) is 0. The summed E-state index contributed by atoms with van der Waals surface area (Å²) in [6, 6.07) is -0.816. The average molecular weight is 676 g/mol. The fourth-order valence-corrected chi connectivity index (χ4v) is 6.64. The number of phosphoric acid groups is 1. The predicted molar refractivity (Wildman–Crippen MR) is 195 cm³/mol. The molecule has 8 heteroatoms. The predicted octanol–water partition coefficient (Wildman–Crippen LogP) is 11.5. The van der Waals surface area contributed by atoms with Gasteiger partial charge in [0, 0.05) is 6.42 Å². The monoisotopic (exact) mass is 676 g/mol. The maximum Gasteiger partial charge on any atom is 0.469 e. The van der Waals surface area contributed by atoms with E-state index in [4.69, 9.17) is 9.79 Å². The first-order valence-electron chi connectivity index (χ1n) is 20.0. The number of hydrogen-bond acceptors (Lipinski definition) is 4. The minimum Gasteiger partial charge on any atom is -0.391 e. The third-order valence-corrected chi connectivity index (χ3v) is 9.83. The standard InChI is InChI=1S/C38H78NO6P/c1-3-5-7-9-11-13-15-16-17-18-19-20-21-22-23-24-26-28-30-32-34-38(41)39-36(35-45-46(42,43)44)37(40)33-31-29-27-25-14-12-10-8-6-4-2/h36-37,40H,3-35H2,1-2H3,(H,39,41)(H2,42,43,44)/t36-,37+/m0/s1. The Morgan fingerprint density at radius 3 is 1.17 bits per heavy atom. The van der Waals surface area contributed by atoms with Gasteiger partial charge >= 0.3 is 7.82 Å². The van der Waals surface area contributed by atoms with Gasteiger partial charge in [0.05, 0.1) is 18.8 Å². The van der Waals surface area contributed by atoms with Crippen LogP contribution in [0.25, 0.3) is 0 Å². The third kappa shape index (κ3) is 34.9. The first-order chi connectivity index (χ1) is 22.3. The number of aliphatic hydroxyl groups is 1. The summed E-state index contributed by atoms with van der Waals surface area (Å²) in [5.74, 6) is -0.191. The Morgan fingerprint density at radius 2 is 0.848 bits per heavy atom. The van der Waals surface area contributed by atoms with Gasteiger partial charge in [-0.25, -0.2) is 4.57 Å². The van der Waals surface area contributed by atoms with E-state index in [1.54, 1.807) is 0 Å². The van der Waals surface area contributed by atoms with Gasteiger partial charge in [0.25, 0.3) is 0 Å². The minimum absolute atomic E-state index is 0.191. The summed E-state index contributed by atoms with van der Waals surface area (Å²) in [6.07, 6.45) is 38.1. The molecular formula is C38H78NO6P. The smallest absolute Gasteiger partial charge is 0.391 e. The van der Waals surface area contributed by atoms with Crippen LogP contribution in [0.3, 0.4) is 0 Å². The molecule has 0 aromatic rings. The van der Waals surface area contributed by atoms with E-state index in [2.05, 4.69) is 23.7 Å². The fraction of sp³-hybridized carbons (Fsp3) is 0.974. The number of carbonyl (C=O) groups excluding carboxylic acids is 1. The van der Waals surface area contributed by atoms with Gasteiger partial charge in [0.15, 0.2) is 0 Å². The molecule has 1 amide bonds. The molecule has 0 aliphatic heterocycles. The Morgan fingerprint density at radius 1 is 0.543 bits per heavy atom. The van der Waals surface area contributed by atoms with E-state index in [1.807, 2.05) is 0 Å². The van der Waals surface area contributed by atoms with Crippen LogP contribution in [0.4, 0.5) is 0 Å². The van der Waals surface area contributed by atoms with Gasteiger partial charge in [-0.2, -0.15) is 0 Å². The van der Waals surface area contributed by atoms with Crippen molar-refractivity contribution in [1.29, 1.82) is 0 Å². The molecule has 276 valence electrons. The van der Waals surface area contributed by atoms with E-state index in [0.717, 1.165) is 38.5 Å². The summed E-state index contributed by atoms with van der Waals surface area (Å²) < 4.78 is 15.9. The molecule has 0 saturated carbocycles. The van der Waals surface area contributed by atoms with Crippen LogP contribution in [0, 0.1) is 0 Å². The molecule has 0 rings (SSSR count). The third-order valence-electron chi connectivity index (χ3n) is 9.34. The highest BCUT2D eigenvalue weighted by molar-refractivity contribution is 7.46. The normalized spacial score (nSPS) is 13.2. The quantitative estimate of drug-likeness (QED) is 0.0385. The Balaban J connectivity index is 3.82. The van der Waals surface area contributed by atoms with Crippen molar-refractivity contribution in [2.24, 2.45) is 0 Å². The Hall–Kier alpha value is -0.460. The molecule has 0 aromatic heterocycles. The largest absolute Gasteiger partial charge is 0.469 e. The topological polar surface area (TPSA) is 116 Å². The average Bonchev–Trinajstić information content (AvgIpc) is 3.02. The van der Waals surface area contributed by atoms with Gasteiger partial charge in [0.1, 0.15) is 0 Å². The van der Waals surface area contributed by atoms with Crippen LogP contribution in [0.2, 0.25) is 0 Å². The number of nitrogens with one attached hydrogen (secondary N) is 1. The van der Waals surface area contributed by atoms with Crippen LogP contribution in [-0.4, -0.2) is 39.6 Å². The van der Waals surface area contributed by atoms with E-state index in [0.29, 0.717) is 12.8 Å². The number of carbonyl (C=O) groups is 1. The van der Waals surface area contributed by atoms with Crippen LogP contribution in [-0.2, 0) is 13.9 Å². The fourth-order valence-electron chi connectivity index (χ4n) is 6.29. The highest BCUT2D eigenvalue weighted by atomic mass is 31.2. The minimum atomic E-state index is -4.68. The highest BCUT2D eigenvalue weighted by Gasteiger charge is 2.25. The zero-order valence-corrected chi connectivity index (χ0v) is 31.4. The Kier molecular flexibility index (Phi) is 34.1. The van der Waals surface area contributed by atoms with E-state index in [-0.39, 0.29) is 5.91 Å². The first-order valence-corrected chi connectivity index (χ1v) is 21.5. The zero-order chi connectivity index (χ0) is 34.0. The van der Waals surface area contributed by atoms with E-state index in [1.165, 1.54) is 154 Å². The van der Waals surface area contributed by atoms with Crippen molar-refractivity contribution in [2.45, 2.75) is 231 Å². The number of unbranched alkanes of at least 4 members (excludes halogenated alkanes) is 28. The van der Waals surface area contributed by atoms with Crippen molar-refractivity contribution in [3.05, 3.63) is 0 Å². The van der Waals surface area contributed by atoms with Crippen molar-refractivity contribution in [3.63, 3.8) is 0 Å². The number of hydrogen-bond donors (Lipinski definition) is 4. The van der Waals surface area contributed by atoms with Crippen LogP contribution < -0.4 is 5.32 Å². The van der Waals surface area contributed by atoms with E-state index < -0.39 is 26.6 Å². The van der Waals surface area contributed by atoms with E-state index in [9.17, 15) is 14.5 Å². The lowest BCUT2D eigenvalue weighted by Gasteiger charge is -2.24. The van der Waals surface area contributed by atoms with Crippen LogP contribution in [0.1, 0.15) is 219 Å². The molecule has 0 aromatic carbocycles. The van der Waals surface area contributed by atoms with Crippen molar-refractivity contribution in [3.8, 4) is 0 Å². The van der Waals surface area contributed by atoms with Gasteiger partial charge < -0.3 is 20.2 Å². The first kappa shape index (κ1) is 45.5. The molecule has 2 atom stereocenters. The molecule has 0 saturated heterocycles. The van der Waals surface area contributed by atoms with Crippen LogP contribution >= 0.6 is 7.82 Å². The molecule has 46 heavy (non-hydrogen) atoms. The molecule has 0 spiro atoms. The van der Waals surface area contributed by atoms with Gasteiger partial charge in [-0.3, -0.25) is 9.32 Å². The molecule has 0 unspecified atom stereocenters. The maximum atomic E-state index is 12.5. The van der Waals surface area contributed by atoms with Gasteiger partial charge in [-0.1, -0.05) is 200 Å². The summed E-state index contributed by atoms with van der Waals surface area (Å²) >= 11 is 0. The summed E-state index contributed by atoms with van der Waals surface area (Å²) in [6.45, 7) is 4.11. The van der Waals surface area contributed by atoms with Crippen molar-refractivity contribution in [2.75, 3.05) is 6.61 Å². The number of phosphoric ester groups is 1. The zero-order valence-electron chi connectivity index (χ0n) is 30.5. The molecular weight excluding hydrogens is 597 g/mol. The SMILES string of the molecule is CCCCCCCCCCCCCCCCCCCCCCC(=O)N[C@@H](COP(=O)(O)O)[C@H](O)CCCCCCCCCCCC. The lowest BCUT2D eigenvalue weighted by Crippen LogP contribution is -2.46. The molecule has 7 nitrogen and oxygen atoms in total. The number of amides is 1. The molecule has 0 aliphatic carbocycles. The molecule has 0 radical (unpaired) electrons. The number of aliphatic hydroxyl groups excluding tert-OH is 1. The molecule has 0 fully saturated rings. The van der Waals surface area contributed by atoms with Gasteiger partial charge in [-0.05, 0) is 12.8 Å². The molecule has 4 N–H and O–H groups in total. The summed E-state index contributed by atoms with van der Waals surface area (Å²) in [5, 5.41) is 13.4. The Bertz CT molecular complexity index is 688. The second-order valence-corrected chi connectivity index (χ2v) is 15.2. The molecule has 0 aliphatic rings. The van der Waals surface area contributed by atoms with Crippen molar-refractivity contribution in [1.82, 2.24) is 5.32 Å². The highest BCUT2D eigenvalue weighted by Crippen LogP contribution is 2.36. The van der Waals surface area contributed by atoms with Gasteiger partial charge in [-0.15, -0.1) is 0 Å². The Labute approximate surface area is 285 Å². The van der Waals surface area contributed by atoms with Crippen LogP contribution in [0.5, 0.6) is 0 Å². The lowest BCUT2D eigenvalue weighted by atomic mass is 10.0. The maximum absolute atomic E-state index is 12.5. The summed E-state index contributed by atoms with van der Waals surface area (Å²) in [7, 11) is -4.68. The van der Waals surface area contributed by atoms with Crippen molar-refractivity contribution < 1.29 is 28.8 Å². The molecule has 0 bridgehead atoms. The molecule has 0 heterocycles. The summed E-state index contributed by atoms with van der Waals surface area (Å²) in [4.78, 5) is 30.8. The second kappa shape index (κ2) is 34.4.